The third-order valence-electron chi connectivity index (χ3n) is 3.85. The maximum absolute atomic E-state index is 9.82. The van der Waals surface area contributed by atoms with E-state index in [9.17, 15) is 5.11 Å². The van der Waals surface area contributed by atoms with Crippen molar-refractivity contribution in [3.05, 3.63) is 83.9 Å². The Labute approximate surface area is 125 Å². The maximum atomic E-state index is 9.82. The molecule has 3 nitrogen and oxygen atoms in total. The van der Waals surface area contributed by atoms with Crippen molar-refractivity contribution in [1.29, 1.82) is 0 Å². The molecule has 0 aliphatic carbocycles. The fraction of sp³-hybridized carbons (Fsp3) is 0.222. The molecule has 1 N–H and O–H groups in total. The lowest BCUT2D eigenvalue weighted by Gasteiger charge is -2.37. The molecule has 0 saturated carbocycles. The Hall–Kier alpha value is -2.26. The molecule has 0 atom stereocenters. The van der Waals surface area contributed by atoms with Crippen molar-refractivity contribution >= 4 is 0 Å². The van der Waals surface area contributed by atoms with Gasteiger partial charge in [-0.3, -0.25) is 4.48 Å². The Kier molecular flexibility index (Phi) is 3.93. The summed E-state index contributed by atoms with van der Waals surface area (Å²) < 4.78 is 5.89. The topological polar surface area (TPSA) is 29.5 Å². The molecule has 2 aromatic carbocycles. The van der Waals surface area contributed by atoms with E-state index in [1.54, 1.807) is 0 Å². The van der Waals surface area contributed by atoms with Gasteiger partial charge < -0.3 is 9.84 Å². The first-order valence-corrected chi connectivity index (χ1v) is 7.24. The van der Waals surface area contributed by atoms with Crippen LogP contribution < -0.4 is 0 Å². The van der Waals surface area contributed by atoms with Crippen LogP contribution >= 0.6 is 0 Å². The molecule has 0 bridgehead atoms. The maximum Gasteiger partial charge on any atom is 0.333 e. The second-order valence-corrected chi connectivity index (χ2v) is 5.55. The Morgan fingerprint density at radius 1 is 0.857 bits per heavy atom. The number of aliphatic hydroxyl groups is 1. The lowest BCUT2D eigenvalue weighted by Crippen LogP contribution is -2.46. The summed E-state index contributed by atoms with van der Waals surface area (Å²) in [5.74, 6) is 0.0353. The number of rotatable bonds is 4. The highest BCUT2D eigenvalue weighted by molar-refractivity contribution is 5.16. The van der Waals surface area contributed by atoms with Gasteiger partial charge in [-0.1, -0.05) is 60.7 Å². The minimum atomic E-state index is 0.0353. The fourth-order valence-corrected chi connectivity index (χ4v) is 2.87. The average Bonchev–Trinajstić information content (AvgIpc) is 2.49. The van der Waals surface area contributed by atoms with Gasteiger partial charge >= 0.3 is 5.95 Å². The van der Waals surface area contributed by atoms with Crippen molar-refractivity contribution in [2.75, 3.05) is 13.2 Å². The molecule has 0 radical (unpaired) electrons. The number of hydrogen-bond acceptors (Lipinski definition) is 2. The molecule has 108 valence electrons. The zero-order valence-electron chi connectivity index (χ0n) is 12.0. The predicted octanol–water partition coefficient (Wildman–Crippen LogP) is 3.59. The van der Waals surface area contributed by atoms with Crippen LogP contribution in [0.5, 0.6) is 0 Å². The van der Waals surface area contributed by atoms with Crippen LogP contribution in [0, 0.1) is 0 Å². The van der Waals surface area contributed by atoms with E-state index < -0.39 is 0 Å². The largest absolute Gasteiger partial charge is 0.477 e. The zero-order chi connectivity index (χ0) is 14.5. The summed E-state index contributed by atoms with van der Waals surface area (Å²) in [7, 11) is 0. The van der Waals surface area contributed by atoms with Gasteiger partial charge in [-0.15, -0.1) is 0 Å². The molecule has 0 spiro atoms. The number of hydrogen-bond donors (Lipinski definition) is 1. The minimum Gasteiger partial charge on any atom is -0.477 e. The molecule has 0 fully saturated rings. The summed E-state index contributed by atoms with van der Waals surface area (Å²) >= 11 is 0. The third kappa shape index (κ3) is 3.44. The van der Waals surface area contributed by atoms with Gasteiger partial charge in [0, 0.05) is 11.1 Å². The molecule has 3 heteroatoms. The average molecular weight is 282 g/mol. The lowest BCUT2D eigenvalue weighted by molar-refractivity contribution is -0.911. The van der Waals surface area contributed by atoms with Crippen molar-refractivity contribution in [2.45, 2.75) is 13.1 Å². The second kappa shape index (κ2) is 6.02. The molecule has 2 aromatic rings. The number of nitrogens with zero attached hydrogens (tertiary/aromatic N) is 1. The van der Waals surface area contributed by atoms with Crippen molar-refractivity contribution in [3.63, 3.8) is 0 Å². The molecule has 1 aliphatic heterocycles. The highest BCUT2D eigenvalue weighted by atomic mass is 16.6. The monoisotopic (exact) mass is 282 g/mol. The minimum absolute atomic E-state index is 0.0353. The van der Waals surface area contributed by atoms with Gasteiger partial charge in [-0.2, -0.15) is 0 Å². The second-order valence-electron chi connectivity index (χ2n) is 5.55. The van der Waals surface area contributed by atoms with Gasteiger partial charge in [0.15, 0.2) is 6.20 Å². The van der Waals surface area contributed by atoms with E-state index >= 15 is 0 Å². The molecular formula is C18H20NO2+. The van der Waals surface area contributed by atoms with E-state index in [2.05, 4.69) is 48.5 Å². The van der Waals surface area contributed by atoms with E-state index in [0.717, 1.165) is 19.6 Å². The first kappa shape index (κ1) is 13.7. The summed E-state index contributed by atoms with van der Waals surface area (Å²) in [6.07, 6.45) is 1.84. The lowest BCUT2D eigenvalue weighted by atomic mass is 10.1. The van der Waals surface area contributed by atoms with Gasteiger partial charge in [0.2, 0.25) is 0 Å². The van der Waals surface area contributed by atoms with Crippen LogP contribution in [0.1, 0.15) is 11.1 Å². The Morgan fingerprint density at radius 3 is 1.86 bits per heavy atom. The zero-order valence-corrected chi connectivity index (χ0v) is 12.0. The van der Waals surface area contributed by atoms with Crippen LogP contribution in [0.15, 0.2) is 72.8 Å². The number of benzene rings is 2. The third-order valence-corrected chi connectivity index (χ3v) is 3.85. The molecule has 0 amide bonds. The van der Waals surface area contributed by atoms with Crippen molar-refractivity contribution < 1.29 is 14.3 Å². The van der Waals surface area contributed by atoms with E-state index in [1.165, 1.54) is 11.1 Å². The van der Waals surface area contributed by atoms with Crippen LogP contribution in [0.2, 0.25) is 0 Å². The Bertz CT molecular complexity index is 566. The summed E-state index contributed by atoms with van der Waals surface area (Å²) in [6, 6.07) is 20.8. The quantitative estimate of drug-likeness (QED) is 0.868. The van der Waals surface area contributed by atoms with Crippen molar-refractivity contribution in [1.82, 2.24) is 0 Å². The molecule has 0 saturated heterocycles. The SMILES string of the molecule is OC1=C[N+](Cc2ccccc2)(Cc2ccccc2)CCO1. The van der Waals surface area contributed by atoms with Gasteiger partial charge in [-0.25, -0.2) is 0 Å². The molecule has 0 unspecified atom stereocenters. The van der Waals surface area contributed by atoms with Crippen LogP contribution in [-0.2, 0) is 17.8 Å². The number of aliphatic hydroxyl groups excluding tert-OH is 1. The Balaban J connectivity index is 1.90. The summed E-state index contributed by atoms with van der Waals surface area (Å²) in [4.78, 5) is 0. The highest BCUT2D eigenvalue weighted by Gasteiger charge is 2.31. The highest BCUT2D eigenvalue weighted by Crippen LogP contribution is 2.24. The van der Waals surface area contributed by atoms with E-state index in [1.807, 2.05) is 18.3 Å². The number of quaternary nitrogens is 1. The van der Waals surface area contributed by atoms with Gasteiger partial charge in [0.05, 0.1) is 0 Å². The molecule has 1 heterocycles. The summed E-state index contributed by atoms with van der Waals surface area (Å²) in [5.41, 5.74) is 2.53. The smallest absolute Gasteiger partial charge is 0.333 e. The van der Waals surface area contributed by atoms with Crippen molar-refractivity contribution in [3.8, 4) is 0 Å². The van der Waals surface area contributed by atoms with Crippen LogP contribution in [0.25, 0.3) is 0 Å². The predicted molar refractivity (Wildman–Crippen MR) is 82.1 cm³/mol. The van der Waals surface area contributed by atoms with Crippen molar-refractivity contribution in [2.24, 2.45) is 0 Å². The van der Waals surface area contributed by atoms with E-state index in [-0.39, 0.29) is 5.95 Å². The van der Waals surface area contributed by atoms with Crippen LogP contribution in [0.3, 0.4) is 0 Å². The molecule has 1 aliphatic rings. The van der Waals surface area contributed by atoms with Crippen LogP contribution in [0.4, 0.5) is 0 Å². The van der Waals surface area contributed by atoms with Crippen LogP contribution in [-0.4, -0.2) is 22.7 Å². The van der Waals surface area contributed by atoms with E-state index in [0.29, 0.717) is 11.1 Å². The Morgan fingerprint density at radius 2 is 1.38 bits per heavy atom. The number of ether oxygens (including phenoxy) is 1. The van der Waals surface area contributed by atoms with Gasteiger partial charge in [0.25, 0.3) is 0 Å². The summed E-state index contributed by atoms with van der Waals surface area (Å²) in [6.45, 7) is 3.10. The standard InChI is InChI=1S/C18H19NO2/c20-18-15-19(11-12-21-18,13-16-7-3-1-4-8-16)14-17-9-5-2-6-10-17/h1-10,15H,11-14H2/p+1. The van der Waals surface area contributed by atoms with Gasteiger partial charge in [0.1, 0.15) is 26.2 Å². The van der Waals surface area contributed by atoms with Gasteiger partial charge in [-0.05, 0) is 0 Å². The fourth-order valence-electron chi connectivity index (χ4n) is 2.87. The first-order valence-electron chi connectivity index (χ1n) is 7.24. The molecule has 21 heavy (non-hydrogen) atoms. The molecule has 3 rings (SSSR count). The molecule has 0 aromatic heterocycles. The normalized spacial score (nSPS) is 16.9. The van der Waals surface area contributed by atoms with E-state index in [4.69, 9.17) is 4.74 Å². The summed E-state index contributed by atoms with van der Waals surface area (Å²) in [5, 5.41) is 9.82. The first-order chi connectivity index (χ1) is 10.3. The molecular weight excluding hydrogens is 262 g/mol.